The van der Waals surface area contributed by atoms with Crippen LogP contribution in [0, 0.1) is 0 Å². The van der Waals surface area contributed by atoms with Crippen LogP contribution in [-0.2, 0) is 16.9 Å². The number of carbonyl (C=O) groups is 2. The molecule has 0 aliphatic carbocycles. The van der Waals surface area contributed by atoms with E-state index in [4.69, 9.17) is 13.6 Å². The Bertz CT molecular complexity index is 1030. The van der Waals surface area contributed by atoms with Gasteiger partial charge in [-0.3, -0.25) is 9.69 Å². The molecule has 3 amide bonds. The highest BCUT2D eigenvalue weighted by molar-refractivity contribution is 6.07. The summed E-state index contributed by atoms with van der Waals surface area (Å²) in [6.07, 6.45) is 1.84. The third-order valence-electron chi connectivity index (χ3n) is 4.75. The molecule has 0 radical (unpaired) electrons. The molecule has 0 unspecified atom stereocenters. The van der Waals surface area contributed by atoms with Crippen molar-refractivity contribution in [3.05, 3.63) is 54.1 Å². The average molecular weight is 366 g/mol. The second kappa shape index (κ2) is 5.70. The summed E-state index contributed by atoms with van der Waals surface area (Å²) in [4.78, 5) is 26.8. The van der Waals surface area contributed by atoms with Crippen LogP contribution in [0.5, 0.6) is 5.75 Å². The number of fused-ring (bicyclic) bond motifs is 2. The first-order chi connectivity index (χ1) is 13.2. The summed E-state index contributed by atoms with van der Waals surface area (Å²) in [5.74, 6) is 0.981. The minimum atomic E-state index is -1.13. The molecule has 27 heavy (non-hydrogen) atoms. The fourth-order valence-corrected chi connectivity index (χ4v) is 3.47. The maximum absolute atomic E-state index is 13.2. The van der Waals surface area contributed by atoms with Crippen molar-refractivity contribution in [3.63, 3.8) is 0 Å². The van der Waals surface area contributed by atoms with Gasteiger partial charge in [0.1, 0.15) is 12.3 Å². The summed E-state index contributed by atoms with van der Waals surface area (Å²) < 4.78 is 16.3. The second-order valence-corrected chi connectivity index (χ2v) is 6.30. The molecule has 9 nitrogen and oxygen atoms in total. The third-order valence-corrected chi connectivity index (χ3v) is 4.75. The number of urea groups is 1. The molecule has 1 aromatic carbocycles. The van der Waals surface area contributed by atoms with Crippen LogP contribution < -0.4 is 10.1 Å². The Morgan fingerprint density at radius 2 is 2.04 bits per heavy atom. The van der Waals surface area contributed by atoms with E-state index in [1.807, 2.05) is 12.1 Å². The van der Waals surface area contributed by atoms with E-state index in [0.717, 1.165) is 4.90 Å². The third kappa shape index (κ3) is 2.31. The number of para-hydroxylation sites is 1. The lowest BCUT2D eigenvalue weighted by atomic mass is 9.84. The summed E-state index contributed by atoms with van der Waals surface area (Å²) in [7, 11) is 0. The molecule has 2 aliphatic heterocycles. The monoisotopic (exact) mass is 366 g/mol. The minimum Gasteiger partial charge on any atom is -0.493 e. The van der Waals surface area contributed by atoms with Crippen LogP contribution in [0.4, 0.5) is 4.79 Å². The van der Waals surface area contributed by atoms with E-state index in [0.29, 0.717) is 30.1 Å². The molecular weight excluding hydrogens is 352 g/mol. The van der Waals surface area contributed by atoms with Gasteiger partial charge in [0, 0.05) is 12.0 Å². The van der Waals surface area contributed by atoms with Gasteiger partial charge in [0.25, 0.3) is 11.8 Å². The Hall–Kier alpha value is -3.62. The molecule has 2 aromatic heterocycles. The number of hydrogen-bond acceptors (Lipinski definition) is 7. The van der Waals surface area contributed by atoms with Gasteiger partial charge in [-0.1, -0.05) is 18.2 Å². The smallest absolute Gasteiger partial charge is 0.325 e. The quantitative estimate of drug-likeness (QED) is 0.706. The van der Waals surface area contributed by atoms with Crippen molar-refractivity contribution in [1.82, 2.24) is 20.4 Å². The summed E-state index contributed by atoms with van der Waals surface area (Å²) in [5, 5.41) is 10.6. The Morgan fingerprint density at radius 1 is 1.15 bits per heavy atom. The van der Waals surface area contributed by atoms with Gasteiger partial charge >= 0.3 is 6.03 Å². The van der Waals surface area contributed by atoms with Crippen molar-refractivity contribution in [3.8, 4) is 17.4 Å². The van der Waals surface area contributed by atoms with Crippen molar-refractivity contribution >= 4 is 11.9 Å². The fourth-order valence-electron chi connectivity index (χ4n) is 3.47. The molecule has 1 atom stereocenters. The van der Waals surface area contributed by atoms with E-state index in [9.17, 15) is 9.59 Å². The lowest BCUT2D eigenvalue weighted by molar-refractivity contribution is -0.133. The Labute approximate surface area is 152 Å². The number of imide groups is 1. The van der Waals surface area contributed by atoms with Crippen LogP contribution in [0.2, 0.25) is 0 Å². The molecule has 136 valence electrons. The van der Waals surface area contributed by atoms with E-state index in [2.05, 4.69) is 15.5 Å². The summed E-state index contributed by atoms with van der Waals surface area (Å²) >= 11 is 0. The molecule has 1 saturated heterocycles. The highest BCUT2D eigenvalue weighted by atomic mass is 16.5. The number of amides is 3. The minimum absolute atomic E-state index is 0.122. The lowest BCUT2D eigenvalue weighted by Gasteiger charge is -2.33. The Kier molecular flexibility index (Phi) is 3.30. The Balaban J connectivity index is 1.44. The van der Waals surface area contributed by atoms with Gasteiger partial charge in [-0.25, -0.2) is 4.79 Å². The second-order valence-electron chi connectivity index (χ2n) is 6.30. The van der Waals surface area contributed by atoms with Crippen LogP contribution in [0.25, 0.3) is 11.7 Å². The maximum Gasteiger partial charge on any atom is 0.325 e. The number of aromatic nitrogens is 2. The molecule has 4 heterocycles. The van der Waals surface area contributed by atoms with Crippen molar-refractivity contribution in [2.24, 2.45) is 0 Å². The number of ether oxygens (including phenoxy) is 1. The summed E-state index contributed by atoms with van der Waals surface area (Å²) in [5.41, 5.74) is -0.477. The summed E-state index contributed by atoms with van der Waals surface area (Å²) in [6, 6.07) is 10.1. The van der Waals surface area contributed by atoms with E-state index < -0.39 is 11.6 Å². The fraction of sp³-hybridized carbons (Fsp3) is 0.222. The number of carbonyl (C=O) groups excluding carboxylic acids is 2. The molecule has 1 fully saturated rings. The van der Waals surface area contributed by atoms with Crippen molar-refractivity contribution < 1.29 is 23.2 Å². The van der Waals surface area contributed by atoms with Gasteiger partial charge in [-0.15, -0.1) is 10.2 Å². The van der Waals surface area contributed by atoms with E-state index in [1.165, 1.54) is 6.26 Å². The number of nitrogens with zero attached hydrogens (tertiary/aromatic N) is 3. The molecule has 5 rings (SSSR count). The molecule has 0 saturated carbocycles. The maximum atomic E-state index is 13.2. The van der Waals surface area contributed by atoms with Crippen molar-refractivity contribution in [2.75, 3.05) is 6.61 Å². The molecule has 1 N–H and O–H groups in total. The highest BCUT2D eigenvalue weighted by Gasteiger charge is 2.55. The number of furan rings is 1. The first kappa shape index (κ1) is 15.6. The first-order valence-corrected chi connectivity index (χ1v) is 8.40. The SMILES string of the molecule is O=C1N[C@@]2(CCOc3ccccc32)C(=O)N1Cc1nnc(-c2ccco2)o1. The number of hydrogen-bond donors (Lipinski definition) is 1. The molecule has 2 aliphatic rings. The lowest BCUT2D eigenvalue weighted by Crippen LogP contribution is -2.47. The number of benzene rings is 1. The average Bonchev–Trinajstić information content (AvgIpc) is 3.40. The van der Waals surface area contributed by atoms with Crippen LogP contribution >= 0.6 is 0 Å². The van der Waals surface area contributed by atoms with Gasteiger partial charge in [0.05, 0.1) is 12.9 Å². The van der Waals surface area contributed by atoms with Gasteiger partial charge in [0.2, 0.25) is 5.89 Å². The van der Waals surface area contributed by atoms with E-state index in [1.54, 1.807) is 24.3 Å². The van der Waals surface area contributed by atoms with Crippen LogP contribution in [-0.4, -0.2) is 33.6 Å². The summed E-state index contributed by atoms with van der Waals surface area (Å²) in [6.45, 7) is 0.212. The molecular formula is C18H14N4O5. The molecule has 9 heteroatoms. The zero-order chi connectivity index (χ0) is 18.4. The zero-order valence-electron chi connectivity index (χ0n) is 14.0. The normalized spacial score (nSPS) is 21.3. The molecule has 0 bridgehead atoms. The van der Waals surface area contributed by atoms with Crippen molar-refractivity contribution in [1.29, 1.82) is 0 Å². The van der Waals surface area contributed by atoms with Crippen LogP contribution in [0.15, 0.2) is 51.5 Å². The predicted molar refractivity (Wildman–Crippen MR) is 89.3 cm³/mol. The van der Waals surface area contributed by atoms with E-state index in [-0.39, 0.29) is 24.2 Å². The first-order valence-electron chi connectivity index (χ1n) is 8.40. The largest absolute Gasteiger partial charge is 0.493 e. The van der Waals surface area contributed by atoms with Crippen LogP contribution in [0.1, 0.15) is 17.9 Å². The van der Waals surface area contributed by atoms with E-state index >= 15 is 0 Å². The van der Waals surface area contributed by atoms with Gasteiger partial charge < -0.3 is 18.9 Å². The zero-order valence-corrected chi connectivity index (χ0v) is 14.0. The van der Waals surface area contributed by atoms with Crippen LogP contribution in [0.3, 0.4) is 0 Å². The standard InChI is InChI=1S/C18H14N4O5/c23-16-18(7-9-26-12-5-2-1-4-11(12)18)19-17(24)22(16)10-14-20-21-15(27-14)13-6-3-8-25-13/h1-6,8H,7,9-10H2,(H,19,24)/t18-/m1/s1. The topological polar surface area (TPSA) is 111 Å². The number of nitrogens with one attached hydrogen (secondary N) is 1. The van der Waals surface area contributed by atoms with Gasteiger partial charge in [-0.2, -0.15) is 0 Å². The molecule has 1 spiro atoms. The Morgan fingerprint density at radius 3 is 2.89 bits per heavy atom. The van der Waals surface area contributed by atoms with Gasteiger partial charge in [0.15, 0.2) is 11.3 Å². The predicted octanol–water partition coefficient (Wildman–Crippen LogP) is 2.06. The van der Waals surface area contributed by atoms with Crippen molar-refractivity contribution in [2.45, 2.75) is 18.5 Å². The van der Waals surface area contributed by atoms with Gasteiger partial charge in [-0.05, 0) is 18.2 Å². The highest BCUT2D eigenvalue weighted by Crippen LogP contribution is 2.41. The molecule has 3 aromatic rings. The number of rotatable bonds is 3.